The number of hydrogen-bond donors (Lipinski definition) is 1. The zero-order valence-corrected chi connectivity index (χ0v) is 7.55. The Hall–Kier alpha value is -1.39. The van der Waals surface area contributed by atoms with Crippen LogP contribution in [0, 0.1) is 0 Å². The van der Waals surface area contributed by atoms with Gasteiger partial charge in [-0.15, -0.1) is 0 Å². The molecule has 0 aliphatic heterocycles. The number of aliphatic imine (C=N–C) groups is 1. The lowest BCUT2D eigenvalue weighted by Gasteiger charge is -2.07. The Morgan fingerprint density at radius 1 is 1.62 bits per heavy atom. The van der Waals surface area contributed by atoms with Crippen LogP contribution in [0.15, 0.2) is 28.9 Å². The van der Waals surface area contributed by atoms with E-state index < -0.39 is 6.43 Å². The molecular weight excluding hydrogens is 178 g/mol. The first kappa shape index (κ1) is 11.6. The fourth-order valence-corrected chi connectivity index (χ4v) is 0.756. The van der Waals surface area contributed by atoms with Gasteiger partial charge in [-0.1, -0.05) is 6.58 Å². The Morgan fingerprint density at radius 3 is 2.38 bits per heavy atom. The van der Waals surface area contributed by atoms with Crippen molar-refractivity contribution in [2.24, 2.45) is 10.7 Å². The third-order valence-electron chi connectivity index (χ3n) is 1.22. The molecule has 0 rings (SSSR count). The summed E-state index contributed by atoms with van der Waals surface area (Å²) >= 11 is 0. The highest BCUT2D eigenvalue weighted by Crippen LogP contribution is 2.12. The Labute approximate surface area is 75.6 Å². The van der Waals surface area contributed by atoms with Crippen LogP contribution >= 0.6 is 0 Å². The smallest absolute Gasteiger partial charge is 0.269 e. The van der Waals surface area contributed by atoms with Gasteiger partial charge in [-0.25, -0.2) is 8.78 Å². The van der Waals surface area contributed by atoms with Gasteiger partial charge in [0.25, 0.3) is 6.43 Å². The number of ether oxygens (including phenoxy) is 1. The van der Waals surface area contributed by atoms with Crippen molar-refractivity contribution in [1.82, 2.24) is 0 Å². The maximum atomic E-state index is 12.4. The van der Waals surface area contributed by atoms with Crippen molar-refractivity contribution in [3.63, 3.8) is 0 Å². The van der Waals surface area contributed by atoms with Crippen LogP contribution in [-0.2, 0) is 4.74 Å². The fraction of sp³-hybridized carbons (Fsp3) is 0.375. The van der Waals surface area contributed by atoms with E-state index in [-0.39, 0.29) is 17.2 Å². The first-order valence-corrected chi connectivity index (χ1v) is 3.48. The quantitative estimate of drug-likeness (QED) is 0.414. The van der Waals surface area contributed by atoms with Crippen molar-refractivity contribution >= 4 is 5.90 Å². The standard InChI is InChI=1S/C8H12F2N2O/c1-5(11)4-6(7(9)10)8(12-2)13-3/h4,7H,1,11H2,2-3H3/b6-4-,12-8+. The summed E-state index contributed by atoms with van der Waals surface area (Å²) in [6.07, 6.45) is -1.64. The minimum absolute atomic E-state index is 0.0356. The molecule has 74 valence electrons. The normalized spacial score (nSPS) is 13.3. The molecule has 0 aliphatic rings. The van der Waals surface area contributed by atoms with Crippen LogP contribution in [0.2, 0.25) is 0 Å². The molecule has 0 aromatic rings. The van der Waals surface area contributed by atoms with Crippen LogP contribution in [-0.4, -0.2) is 26.5 Å². The first-order chi connectivity index (χ1) is 6.02. The first-order valence-electron chi connectivity index (χ1n) is 3.48. The van der Waals surface area contributed by atoms with Crippen LogP contribution in [0.25, 0.3) is 0 Å². The van der Waals surface area contributed by atoms with Crippen LogP contribution in [0.4, 0.5) is 8.78 Å². The minimum Gasteiger partial charge on any atom is -0.481 e. The molecule has 0 aliphatic carbocycles. The summed E-state index contributed by atoms with van der Waals surface area (Å²) in [7, 11) is 2.62. The molecule has 5 heteroatoms. The van der Waals surface area contributed by atoms with E-state index in [9.17, 15) is 8.78 Å². The molecular formula is C8H12F2N2O. The van der Waals surface area contributed by atoms with E-state index in [0.717, 1.165) is 6.08 Å². The third-order valence-corrected chi connectivity index (χ3v) is 1.22. The number of halogens is 2. The molecule has 0 fully saturated rings. The second-order valence-electron chi connectivity index (χ2n) is 2.21. The third kappa shape index (κ3) is 3.68. The summed E-state index contributed by atoms with van der Waals surface area (Å²) < 4.78 is 29.3. The van der Waals surface area contributed by atoms with Gasteiger partial charge >= 0.3 is 0 Å². The van der Waals surface area contributed by atoms with Crippen LogP contribution in [0.5, 0.6) is 0 Å². The highest BCUT2D eigenvalue weighted by atomic mass is 19.3. The zero-order chi connectivity index (χ0) is 10.4. The average molecular weight is 190 g/mol. The van der Waals surface area contributed by atoms with Gasteiger partial charge in [-0.3, -0.25) is 4.99 Å². The minimum atomic E-state index is -2.68. The number of nitrogens with zero attached hydrogens (tertiary/aromatic N) is 1. The lowest BCUT2D eigenvalue weighted by atomic mass is 10.2. The fourth-order valence-electron chi connectivity index (χ4n) is 0.756. The van der Waals surface area contributed by atoms with E-state index in [4.69, 9.17) is 5.73 Å². The molecule has 3 nitrogen and oxygen atoms in total. The topological polar surface area (TPSA) is 47.6 Å². The van der Waals surface area contributed by atoms with E-state index >= 15 is 0 Å². The van der Waals surface area contributed by atoms with E-state index in [2.05, 4.69) is 16.3 Å². The number of hydrogen-bond acceptors (Lipinski definition) is 3. The van der Waals surface area contributed by atoms with Crippen LogP contribution < -0.4 is 5.73 Å². The van der Waals surface area contributed by atoms with E-state index in [1.165, 1.54) is 14.2 Å². The Bertz CT molecular complexity index is 247. The molecule has 0 unspecified atom stereocenters. The number of rotatable bonds is 3. The molecule has 0 saturated carbocycles. The molecule has 0 heterocycles. The predicted octanol–water partition coefficient (Wildman–Crippen LogP) is 1.33. The maximum Gasteiger partial charge on any atom is 0.269 e. The highest BCUT2D eigenvalue weighted by Gasteiger charge is 2.17. The van der Waals surface area contributed by atoms with Gasteiger partial charge < -0.3 is 10.5 Å². The Kier molecular flexibility index (Phi) is 4.72. The molecule has 13 heavy (non-hydrogen) atoms. The Morgan fingerprint density at radius 2 is 2.15 bits per heavy atom. The lowest BCUT2D eigenvalue weighted by Crippen LogP contribution is -2.13. The summed E-state index contributed by atoms with van der Waals surface area (Å²) in [6.45, 7) is 3.29. The highest BCUT2D eigenvalue weighted by molar-refractivity contribution is 5.94. The van der Waals surface area contributed by atoms with Gasteiger partial charge in [0, 0.05) is 12.7 Å². The van der Waals surface area contributed by atoms with Crippen molar-refractivity contribution in [1.29, 1.82) is 0 Å². The van der Waals surface area contributed by atoms with Crippen molar-refractivity contribution in [2.75, 3.05) is 14.2 Å². The number of allylic oxidation sites excluding steroid dienone is 1. The van der Waals surface area contributed by atoms with Gasteiger partial charge in [0.1, 0.15) is 0 Å². The monoisotopic (exact) mass is 190 g/mol. The lowest BCUT2D eigenvalue weighted by molar-refractivity contribution is 0.191. The number of methoxy groups -OCH3 is 1. The van der Waals surface area contributed by atoms with Gasteiger partial charge in [0.15, 0.2) is 0 Å². The van der Waals surface area contributed by atoms with E-state index in [1.807, 2.05) is 0 Å². The summed E-state index contributed by atoms with van der Waals surface area (Å²) in [6, 6.07) is 0. The second kappa shape index (κ2) is 5.29. The van der Waals surface area contributed by atoms with Gasteiger partial charge in [0.05, 0.1) is 12.7 Å². The molecule has 0 atom stereocenters. The number of alkyl halides is 2. The SMILES string of the molecule is C=C(N)/C=C(\C(=N/C)OC)C(F)F. The van der Waals surface area contributed by atoms with Crippen molar-refractivity contribution in [3.05, 3.63) is 23.9 Å². The number of nitrogens with two attached hydrogens (primary N) is 1. The van der Waals surface area contributed by atoms with Crippen LogP contribution in [0.3, 0.4) is 0 Å². The molecule has 0 aromatic heterocycles. The van der Waals surface area contributed by atoms with Gasteiger partial charge in [0.2, 0.25) is 5.90 Å². The zero-order valence-electron chi connectivity index (χ0n) is 7.55. The summed E-state index contributed by atoms with van der Waals surface area (Å²) in [5.41, 5.74) is 4.84. The molecule has 0 spiro atoms. The van der Waals surface area contributed by atoms with E-state index in [1.54, 1.807) is 0 Å². The largest absolute Gasteiger partial charge is 0.481 e. The molecule has 0 amide bonds. The summed E-state index contributed by atoms with van der Waals surface area (Å²) in [5.74, 6) is -0.137. The van der Waals surface area contributed by atoms with Crippen molar-refractivity contribution in [2.45, 2.75) is 6.43 Å². The van der Waals surface area contributed by atoms with Crippen molar-refractivity contribution < 1.29 is 13.5 Å². The van der Waals surface area contributed by atoms with Crippen LogP contribution in [0.1, 0.15) is 0 Å². The van der Waals surface area contributed by atoms with Gasteiger partial charge in [-0.05, 0) is 6.08 Å². The molecule has 0 bridgehead atoms. The summed E-state index contributed by atoms with van der Waals surface area (Å²) in [5, 5.41) is 0. The molecule has 0 aromatic carbocycles. The maximum absolute atomic E-state index is 12.4. The summed E-state index contributed by atoms with van der Waals surface area (Å²) in [4.78, 5) is 3.53. The molecule has 2 N–H and O–H groups in total. The second-order valence-corrected chi connectivity index (χ2v) is 2.21. The molecule has 0 saturated heterocycles. The van der Waals surface area contributed by atoms with E-state index in [0.29, 0.717) is 0 Å². The van der Waals surface area contributed by atoms with Gasteiger partial charge in [-0.2, -0.15) is 0 Å². The van der Waals surface area contributed by atoms with Crippen molar-refractivity contribution in [3.8, 4) is 0 Å². The average Bonchev–Trinajstić information content (AvgIpc) is 2.04. The Balaban J connectivity index is 4.91. The predicted molar refractivity (Wildman–Crippen MR) is 47.8 cm³/mol. The molecule has 0 radical (unpaired) electrons.